The van der Waals surface area contributed by atoms with Crippen LogP contribution in [0.5, 0.6) is 0 Å². The summed E-state index contributed by atoms with van der Waals surface area (Å²) in [6, 6.07) is 12.7. The van der Waals surface area contributed by atoms with Gasteiger partial charge < -0.3 is 5.32 Å². The maximum absolute atomic E-state index is 12.1. The predicted octanol–water partition coefficient (Wildman–Crippen LogP) is 1.77. The van der Waals surface area contributed by atoms with Crippen molar-refractivity contribution < 1.29 is 4.79 Å². The van der Waals surface area contributed by atoms with Crippen LogP contribution in [-0.4, -0.2) is 25.9 Å². The van der Waals surface area contributed by atoms with Crippen LogP contribution in [0, 0.1) is 0 Å². The monoisotopic (exact) mass is 337 g/mol. The summed E-state index contributed by atoms with van der Waals surface area (Å²) in [6.07, 6.45) is 4.43. The van der Waals surface area contributed by atoms with Gasteiger partial charge in [-0.2, -0.15) is 10.2 Å². The van der Waals surface area contributed by atoms with Crippen molar-refractivity contribution in [3.63, 3.8) is 0 Å². The zero-order valence-electron chi connectivity index (χ0n) is 13.8. The Morgan fingerprint density at radius 1 is 1.24 bits per heavy atom. The number of rotatable bonds is 6. The number of nitrogens with zero attached hydrogens (tertiary/aromatic N) is 3. The number of amides is 1. The minimum Gasteiger partial charge on any atom is -0.349 e. The van der Waals surface area contributed by atoms with E-state index in [2.05, 4.69) is 20.6 Å². The molecule has 0 unspecified atom stereocenters. The van der Waals surface area contributed by atoms with Crippen LogP contribution in [0.1, 0.15) is 30.6 Å². The van der Waals surface area contributed by atoms with E-state index in [4.69, 9.17) is 0 Å². The Labute approximate surface area is 144 Å². The van der Waals surface area contributed by atoms with Crippen molar-refractivity contribution >= 4 is 5.91 Å². The fraction of sp³-hybridized carbons (Fsp3) is 0.222. The highest BCUT2D eigenvalue weighted by atomic mass is 16.1. The van der Waals surface area contributed by atoms with Crippen LogP contribution in [0.2, 0.25) is 0 Å². The van der Waals surface area contributed by atoms with Gasteiger partial charge in [-0.05, 0) is 25.1 Å². The lowest BCUT2D eigenvalue weighted by Crippen LogP contribution is -2.26. The first-order valence-corrected chi connectivity index (χ1v) is 8.06. The molecule has 0 fully saturated rings. The smallest absolute Gasteiger partial charge is 0.264 e. The van der Waals surface area contributed by atoms with Crippen molar-refractivity contribution in [2.45, 2.75) is 25.8 Å². The van der Waals surface area contributed by atoms with Crippen LogP contribution >= 0.6 is 0 Å². The van der Waals surface area contributed by atoms with Crippen molar-refractivity contribution in [1.82, 2.24) is 25.3 Å². The van der Waals surface area contributed by atoms with E-state index in [1.54, 1.807) is 16.9 Å². The first-order chi connectivity index (χ1) is 12.1. The molecule has 1 amide bonds. The zero-order valence-corrected chi connectivity index (χ0v) is 13.8. The molecule has 0 saturated heterocycles. The standard InChI is InChI=1S/C18H19N5O2/c1-13(14-11-19-23(12-14)16-5-3-2-4-6-16)20-17(24)9-7-15-8-10-18(25)22-21-15/h2-6,8,10-13H,7,9H2,1H3,(H,20,24)(H,22,25)/t13-/m1/s1. The van der Waals surface area contributed by atoms with E-state index in [0.29, 0.717) is 18.5 Å². The zero-order chi connectivity index (χ0) is 17.6. The van der Waals surface area contributed by atoms with Crippen LogP contribution in [0.15, 0.2) is 59.7 Å². The summed E-state index contributed by atoms with van der Waals surface area (Å²) in [5.41, 5.74) is 2.33. The largest absolute Gasteiger partial charge is 0.349 e. The fourth-order valence-electron chi connectivity index (χ4n) is 2.43. The summed E-state index contributed by atoms with van der Waals surface area (Å²) in [4.78, 5) is 23.1. The van der Waals surface area contributed by atoms with Gasteiger partial charge in [0.05, 0.1) is 23.6 Å². The van der Waals surface area contributed by atoms with Gasteiger partial charge in [-0.25, -0.2) is 9.78 Å². The van der Waals surface area contributed by atoms with Gasteiger partial charge >= 0.3 is 0 Å². The van der Waals surface area contributed by atoms with Gasteiger partial charge in [0.15, 0.2) is 0 Å². The molecule has 0 aliphatic carbocycles. The number of carbonyl (C=O) groups is 1. The Morgan fingerprint density at radius 2 is 2.04 bits per heavy atom. The molecule has 7 heteroatoms. The summed E-state index contributed by atoms with van der Waals surface area (Å²) >= 11 is 0. The van der Waals surface area contributed by atoms with Crippen molar-refractivity contribution in [2.24, 2.45) is 0 Å². The number of aromatic nitrogens is 4. The summed E-state index contributed by atoms with van der Waals surface area (Å²) < 4.78 is 1.78. The molecule has 2 aromatic heterocycles. The molecule has 0 aliphatic heterocycles. The number of hydrogen-bond donors (Lipinski definition) is 2. The third-order valence-electron chi connectivity index (χ3n) is 3.85. The molecule has 2 N–H and O–H groups in total. The maximum Gasteiger partial charge on any atom is 0.264 e. The number of hydrogen-bond acceptors (Lipinski definition) is 4. The predicted molar refractivity (Wildman–Crippen MR) is 93.3 cm³/mol. The lowest BCUT2D eigenvalue weighted by molar-refractivity contribution is -0.121. The minimum absolute atomic E-state index is 0.0760. The molecular weight excluding hydrogens is 318 g/mol. The van der Waals surface area contributed by atoms with Gasteiger partial charge in [-0.3, -0.25) is 9.59 Å². The normalized spacial score (nSPS) is 11.9. The highest BCUT2D eigenvalue weighted by Crippen LogP contribution is 2.14. The molecule has 1 atom stereocenters. The second kappa shape index (κ2) is 7.57. The molecule has 0 saturated carbocycles. The molecule has 1 aromatic carbocycles. The van der Waals surface area contributed by atoms with E-state index in [9.17, 15) is 9.59 Å². The van der Waals surface area contributed by atoms with Crippen LogP contribution in [0.4, 0.5) is 0 Å². The van der Waals surface area contributed by atoms with Gasteiger partial charge in [0.2, 0.25) is 5.91 Å². The molecule has 128 valence electrons. The Bertz CT molecular complexity index is 881. The molecule has 2 heterocycles. The van der Waals surface area contributed by atoms with Gasteiger partial charge in [0.1, 0.15) is 0 Å². The SMILES string of the molecule is C[C@@H](NC(=O)CCc1ccc(=O)[nH]n1)c1cnn(-c2ccccc2)c1. The number of carbonyl (C=O) groups excluding carboxylic acids is 1. The van der Waals surface area contributed by atoms with Gasteiger partial charge in [0, 0.05) is 30.7 Å². The number of nitrogens with one attached hydrogen (secondary N) is 2. The van der Waals surface area contributed by atoms with E-state index >= 15 is 0 Å². The van der Waals surface area contributed by atoms with Crippen molar-refractivity contribution in [3.05, 3.63) is 76.5 Å². The maximum atomic E-state index is 12.1. The van der Waals surface area contributed by atoms with E-state index in [0.717, 1.165) is 11.3 Å². The van der Waals surface area contributed by atoms with Crippen LogP contribution in [0.3, 0.4) is 0 Å². The van der Waals surface area contributed by atoms with E-state index in [-0.39, 0.29) is 17.5 Å². The number of H-pyrrole nitrogens is 1. The average Bonchev–Trinajstić information content (AvgIpc) is 3.12. The molecule has 0 spiro atoms. The molecule has 25 heavy (non-hydrogen) atoms. The second-order valence-corrected chi connectivity index (χ2v) is 5.76. The minimum atomic E-state index is -0.253. The Kier molecular flexibility index (Phi) is 5.03. The number of benzene rings is 1. The van der Waals surface area contributed by atoms with Crippen LogP contribution in [-0.2, 0) is 11.2 Å². The fourth-order valence-corrected chi connectivity index (χ4v) is 2.43. The first kappa shape index (κ1) is 16.6. The quantitative estimate of drug-likeness (QED) is 0.717. The second-order valence-electron chi connectivity index (χ2n) is 5.76. The van der Waals surface area contributed by atoms with Gasteiger partial charge in [-0.15, -0.1) is 0 Å². The van der Waals surface area contributed by atoms with Gasteiger partial charge in [0.25, 0.3) is 5.56 Å². The number of aryl methyl sites for hydroxylation is 1. The van der Waals surface area contributed by atoms with E-state index in [1.807, 2.05) is 43.5 Å². The van der Waals surface area contributed by atoms with Crippen LogP contribution in [0.25, 0.3) is 5.69 Å². The third kappa shape index (κ3) is 4.41. The van der Waals surface area contributed by atoms with Crippen molar-refractivity contribution in [2.75, 3.05) is 0 Å². The van der Waals surface area contributed by atoms with Gasteiger partial charge in [-0.1, -0.05) is 18.2 Å². The Hall–Kier alpha value is -3.22. The van der Waals surface area contributed by atoms with Crippen molar-refractivity contribution in [3.8, 4) is 5.69 Å². The molecule has 0 aliphatic rings. The Morgan fingerprint density at radius 3 is 2.76 bits per heavy atom. The van der Waals surface area contributed by atoms with E-state index in [1.165, 1.54) is 6.07 Å². The summed E-state index contributed by atoms with van der Waals surface area (Å²) in [5.74, 6) is -0.0760. The number of aromatic amines is 1. The molecule has 3 aromatic rings. The molecule has 3 rings (SSSR count). The summed E-state index contributed by atoms with van der Waals surface area (Å²) in [6.45, 7) is 1.92. The summed E-state index contributed by atoms with van der Waals surface area (Å²) in [5, 5.41) is 13.5. The molecule has 7 nitrogen and oxygen atoms in total. The molecule has 0 bridgehead atoms. The molecular formula is C18H19N5O2. The Balaban J connectivity index is 1.55. The van der Waals surface area contributed by atoms with E-state index < -0.39 is 0 Å². The topological polar surface area (TPSA) is 92.7 Å². The lowest BCUT2D eigenvalue weighted by Gasteiger charge is -2.12. The highest BCUT2D eigenvalue weighted by molar-refractivity contribution is 5.76. The first-order valence-electron chi connectivity index (χ1n) is 8.06. The molecule has 0 radical (unpaired) electrons. The highest BCUT2D eigenvalue weighted by Gasteiger charge is 2.12. The van der Waals surface area contributed by atoms with Crippen LogP contribution < -0.4 is 10.9 Å². The van der Waals surface area contributed by atoms with Crippen molar-refractivity contribution in [1.29, 1.82) is 0 Å². The average molecular weight is 337 g/mol. The lowest BCUT2D eigenvalue weighted by atomic mass is 10.1. The summed E-state index contributed by atoms with van der Waals surface area (Å²) in [7, 11) is 0. The number of para-hydroxylation sites is 1. The third-order valence-corrected chi connectivity index (χ3v) is 3.85.